The van der Waals surface area contributed by atoms with Gasteiger partial charge in [0.1, 0.15) is 17.4 Å². The third-order valence-corrected chi connectivity index (χ3v) is 4.05. The topological polar surface area (TPSA) is 18.5 Å². The van der Waals surface area contributed by atoms with Gasteiger partial charge in [-0.1, -0.05) is 0 Å². The first-order chi connectivity index (χ1) is 9.61. The van der Waals surface area contributed by atoms with Crippen molar-refractivity contribution in [3.05, 3.63) is 29.3 Å². The van der Waals surface area contributed by atoms with Crippen molar-refractivity contribution in [1.82, 2.24) is 0 Å². The Morgan fingerprint density at radius 3 is 2.60 bits per heavy atom. The van der Waals surface area contributed by atoms with Crippen molar-refractivity contribution in [1.29, 1.82) is 0 Å². The molecule has 2 nitrogen and oxygen atoms in total. The van der Waals surface area contributed by atoms with Gasteiger partial charge >= 0.3 is 0 Å². The van der Waals surface area contributed by atoms with E-state index in [1.54, 1.807) is 0 Å². The van der Waals surface area contributed by atoms with Crippen LogP contribution in [0.15, 0.2) is 12.1 Å². The molecule has 1 aliphatic heterocycles. The lowest BCUT2D eigenvalue weighted by Gasteiger charge is -2.23. The van der Waals surface area contributed by atoms with Crippen LogP contribution in [0.2, 0.25) is 0 Å². The zero-order valence-electron chi connectivity index (χ0n) is 11.5. The van der Waals surface area contributed by atoms with Crippen LogP contribution in [-0.4, -0.2) is 19.8 Å². The number of methoxy groups -OCH3 is 1. The van der Waals surface area contributed by atoms with Gasteiger partial charge in [0.15, 0.2) is 0 Å². The molecule has 2 rings (SSSR count). The Morgan fingerprint density at radius 1 is 1.35 bits per heavy atom. The van der Waals surface area contributed by atoms with E-state index >= 15 is 0 Å². The fourth-order valence-electron chi connectivity index (χ4n) is 2.49. The molecule has 0 amide bonds. The molecule has 0 spiro atoms. The zero-order valence-corrected chi connectivity index (χ0v) is 12.3. The lowest BCUT2D eigenvalue weighted by atomic mass is 10.00. The summed E-state index contributed by atoms with van der Waals surface area (Å²) in [5, 5.41) is -0.688. The van der Waals surface area contributed by atoms with E-state index in [2.05, 4.69) is 0 Å². The number of benzene rings is 1. The Morgan fingerprint density at radius 2 is 2.05 bits per heavy atom. The fraction of sp³-hybridized carbons (Fsp3) is 0.600. The van der Waals surface area contributed by atoms with Crippen molar-refractivity contribution >= 4 is 11.6 Å². The number of rotatable bonds is 5. The average molecular weight is 305 g/mol. The summed E-state index contributed by atoms with van der Waals surface area (Å²) in [6.07, 6.45) is 4.60. The number of hydrogen-bond donors (Lipinski definition) is 0. The van der Waals surface area contributed by atoms with Gasteiger partial charge in [-0.3, -0.25) is 0 Å². The van der Waals surface area contributed by atoms with Crippen molar-refractivity contribution in [3.8, 4) is 5.75 Å². The maximum absolute atomic E-state index is 13.9. The van der Waals surface area contributed by atoms with Gasteiger partial charge in [-0.05, 0) is 32.1 Å². The molecule has 2 atom stereocenters. The largest absolute Gasteiger partial charge is 0.497 e. The van der Waals surface area contributed by atoms with E-state index in [1.807, 2.05) is 0 Å². The summed E-state index contributed by atoms with van der Waals surface area (Å²) in [5.41, 5.74) is -0.0803. The molecule has 20 heavy (non-hydrogen) atoms. The van der Waals surface area contributed by atoms with E-state index in [9.17, 15) is 8.78 Å². The van der Waals surface area contributed by atoms with Crippen LogP contribution in [0.4, 0.5) is 8.78 Å². The van der Waals surface area contributed by atoms with Gasteiger partial charge < -0.3 is 9.47 Å². The smallest absolute Gasteiger partial charge is 0.134 e. The lowest BCUT2D eigenvalue weighted by Crippen LogP contribution is -2.19. The van der Waals surface area contributed by atoms with Gasteiger partial charge in [0, 0.05) is 24.3 Å². The summed E-state index contributed by atoms with van der Waals surface area (Å²) in [6.45, 7) is 0.767. The molecule has 0 N–H and O–H groups in total. The van der Waals surface area contributed by atoms with Gasteiger partial charge in [0.05, 0.1) is 18.6 Å². The first-order valence-electron chi connectivity index (χ1n) is 6.90. The van der Waals surface area contributed by atoms with E-state index in [4.69, 9.17) is 21.1 Å². The molecule has 2 unspecified atom stereocenters. The van der Waals surface area contributed by atoms with E-state index in [-0.39, 0.29) is 17.4 Å². The molecule has 0 saturated carbocycles. The van der Waals surface area contributed by atoms with E-state index in [0.29, 0.717) is 6.42 Å². The standard InChI is InChI=1S/C15H19ClF2O2/c1-19-11-8-13(17)15(14(18)9-11)12(16)6-5-10-4-2-3-7-20-10/h8-10,12H,2-7H2,1H3. The van der Waals surface area contributed by atoms with Crippen molar-refractivity contribution in [2.45, 2.75) is 43.6 Å². The summed E-state index contributed by atoms with van der Waals surface area (Å²) in [6, 6.07) is 2.32. The molecule has 1 aliphatic rings. The van der Waals surface area contributed by atoms with Gasteiger partial charge in [0.2, 0.25) is 0 Å². The molecular weight excluding hydrogens is 286 g/mol. The monoisotopic (exact) mass is 304 g/mol. The predicted octanol–water partition coefficient (Wildman–Crippen LogP) is 4.60. The molecule has 1 aromatic rings. The minimum absolute atomic E-state index is 0.0803. The maximum Gasteiger partial charge on any atom is 0.134 e. The van der Waals surface area contributed by atoms with Crippen LogP contribution in [0.25, 0.3) is 0 Å². The molecule has 1 heterocycles. The molecule has 0 aliphatic carbocycles. The second kappa shape index (κ2) is 7.23. The Balaban J connectivity index is 1.99. The third kappa shape index (κ3) is 3.83. The molecule has 0 bridgehead atoms. The lowest BCUT2D eigenvalue weighted by molar-refractivity contribution is 0.00993. The van der Waals surface area contributed by atoms with Crippen molar-refractivity contribution < 1.29 is 18.3 Å². The van der Waals surface area contributed by atoms with Gasteiger partial charge in [-0.15, -0.1) is 11.6 Å². The molecular formula is C15H19ClF2O2. The molecule has 0 aromatic heterocycles. The minimum Gasteiger partial charge on any atom is -0.497 e. The van der Waals surface area contributed by atoms with Gasteiger partial charge in [-0.2, -0.15) is 0 Å². The fourth-order valence-corrected chi connectivity index (χ4v) is 2.82. The predicted molar refractivity (Wildman–Crippen MR) is 74.3 cm³/mol. The third-order valence-electron chi connectivity index (χ3n) is 3.62. The highest BCUT2D eigenvalue weighted by molar-refractivity contribution is 6.20. The average Bonchev–Trinajstić information content (AvgIpc) is 2.45. The molecule has 0 radical (unpaired) electrons. The van der Waals surface area contributed by atoms with Crippen molar-refractivity contribution in [2.24, 2.45) is 0 Å². The Kier molecular flexibility index (Phi) is 5.61. The number of halogens is 3. The summed E-state index contributed by atoms with van der Waals surface area (Å²) in [4.78, 5) is 0. The second-order valence-electron chi connectivity index (χ2n) is 5.04. The number of alkyl halides is 1. The molecule has 5 heteroatoms. The highest BCUT2D eigenvalue weighted by Crippen LogP contribution is 2.34. The van der Waals surface area contributed by atoms with Crippen LogP contribution >= 0.6 is 11.6 Å². The van der Waals surface area contributed by atoms with Crippen LogP contribution in [0.5, 0.6) is 5.75 Å². The maximum atomic E-state index is 13.9. The van der Waals surface area contributed by atoms with E-state index in [1.165, 1.54) is 7.11 Å². The molecule has 112 valence electrons. The van der Waals surface area contributed by atoms with Crippen LogP contribution in [0, 0.1) is 11.6 Å². The van der Waals surface area contributed by atoms with E-state index in [0.717, 1.165) is 44.4 Å². The van der Waals surface area contributed by atoms with Crippen LogP contribution in [-0.2, 0) is 4.74 Å². The Labute approximate surface area is 123 Å². The Hall–Kier alpha value is -0.870. The first-order valence-corrected chi connectivity index (χ1v) is 7.34. The summed E-state index contributed by atoms with van der Waals surface area (Å²) < 4.78 is 38.2. The summed E-state index contributed by atoms with van der Waals surface area (Å²) >= 11 is 6.16. The van der Waals surface area contributed by atoms with Crippen LogP contribution in [0.1, 0.15) is 43.0 Å². The number of hydrogen-bond acceptors (Lipinski definition) is 2. The van der Waals surface area contributed by atoms with Crippen molar-refractivity contribution in [2.75, 3.05) is 13.7 Å². The van der Waals surface area contributed by atoms with Crippen molar-refractivity contribution in [3.63, 3.8) is 0 Å². The Bertz CT molecular complexity index is 424. The highest BCUT2D eigenvalue weighted by atomic mass is 35.5. The van der Waals surface area contributed by atoms with Crippen LogP contribution in [0.3, 0.4) is 0 Å². The molecule has 1 aromatic carbocycles. The quantitative estimate of drug-likeness (QED) is 0.740. The molecule has 1 fully saturated rings. The van der Waals surface area contributed by atoms with E-state index < -0.39 is 17.0 Å². The summed E-state index contributed by atoms with van der Waals surface area (Å²) in [5.74, 6) is -1.17. The highest BCUT2D eigenvalue weighted by Gasteiger charge is 2.22. The van der Waals surface area contributed by atoms with Gasteiger partial charge in [-0.25, -0.2) is 8.78 Å². The molecule has 1 saturated heterocycles. The normalized spacial score (nSPS) is 20.7. The van der Waals surface area contributed by atoms with Gasteiger partial charge in [0.25, 0.3) is 0 Å². The minimum atomic E-state index is -0.688. The first kappa shape index (κ1) is 15.5. The summed E-state index contributed by atoms with van der Waals surface area (Å²) in [7, 11) is 1.37. The SMILES string of the molecule is COc1cc(F)c(C(Cl)CCC2CCCCO2)c(F)c1. The second-order valence-corrected chi connectivity index (χ2v) is 5.57. The number of ether oxygens (including phenoxy) is 2. The zero-order chi connectivity index (χ0) is 14.5. The van der Waals surface area contributed by atoms with Crippen LogP contribution < -0.4 is 4.74 Å².